The van der Waals surface area contributed by atoms with Gasteiger partial charge in [-0.1, -0.05) is 19.9 Å². The number of carbonyl (C=O) groups excluding carboxylic acids is 5. The van der Waals surface area contributed by atoms with Crippen LogP contribution in [0.25, 0.3) is 0 Å². The molecule has 2 aromatic carbocycles. The molecule has 2 amide bonds. The summed E-state index contributed by atoms with van der Waals surface area (Å²) >= 11 is 0. The molecule has 16 heteroatoms. The minimum Gasteiger partial charge on any atom is -0.480 e. The first-order chi connectivity index (χ1) is 21.7. The number of ketones is 1. The number of benzene rings is 2. The third-order valence-electron chi connectivity index (χ3n) is 6.20. The Hall–Kier alpha value is -4.99. The molecule has 0 aromatic heterocycles. The van der Waals surface area contributed by atoms with E-state index in [0.717, 1.165) is 0 Å². The fraction of sp³-hybridized carbons (Fsp3) is 0.400. The Morgan fingerprint density at radius 3 is 2.33 bits per heavy atom. The summed E-state index contributed by atoms with van der Waals surface area (Å²) < 4.78 is 47.5. The number of hydrogen-bond donors (Lipinski definition) is 2. The molecule has 2 aromatic rings. The van der Waals surface area contributed by atoms with E-state index in [4.69, 9.17) is 24.7 Å². The number of Topliss-reactive ketones (excluding diaryl/α,β-unsaturated/α-hetero) is 1. The maximum atomic E-state index is 13.3. The summed E-state index contributed by atoms with van der Waals surface area (Å²) in [7, 11) is -4.31. The van der Waals surface area contributed by atoms with Crippen LogP contribution < -0.4 is 15.2 Å². The number of rotatable bonds is 15. The maximum absolute atomic E-state index is 13.3. The Labute approximate surface area is 266 Å². The lowest BCUT2D eigenvalue weighted by atomic mass is 10.1. The molecule has 0 spiro atoms. The van der Waals surface area contributed by atoms with Gasteiger partial charge in [0.2, 0.25) is 10.0 Å². The number of carbonyl (C=O) groups is 5. The molecule has 1 aliphatic rings. The number of hydrogen-bond acceptors (Lipinski definition) is 11. The summed E-state index contributed by atoms with van der Waals surface area (Å²) in [6.07, 6.45) is -0.838. The van der Waals surface area contributed by atoms with Crippen molar-refractivity contribution in [2.24, 2.45) is 16.6 Å². The standard InChI is InChI=1S/C30H36N4O11S/c1-5-42-26(36)16-44-25-10-8-19(12-23(25)33-46(40,41)17-27(37)43-6-2)24(35)14-34-13-21-11-20(7-9-22(21)29(34)38)28(31)32-30(39)45-15-18(3)4/h7-12,18,33H,5-6,13-17H2,1-4H3,(H2,31,32,39). The summed E-state index contributed by atoms with van der Waals surface area (Å²) in [5.74, 6) is -3.77. The third-order valence-corrected chi connectivity index (χ3v) is 7.34. The fourth-order valence-corrected chi connectivity index (χ4v) is 5.14. The first-order valence-corrected chi connectivity index (χ1v) is 15.9. The van der Waals surface area contributed by atoms with Crippen molar-refractivity contribution in [1.82, 2.24) is 4.90 Å². The number of esters is 2. The number of nitrogens with one attached hydrogen (secondary N) is 1. The van der Waals surface area contributed by atoms with Gasteiger partial charge in [0.1, 0.15) is 11.6 Å². The second kappa shape index (κ2) is 15.8. The van der Waals surface area contributed by atoms with E-state index in [1.807, 2.05) is 13.8 Å². The third kappa shape index (κ3) is 10.0. The summed E-state index contributed by atoms with van der Waals surface area (Å²) in [4.78, 5) is 66.9. The predicted molar refractivity (Wildman–Crippen MR) is 165 cm³/mol. The van der Waals surface area contributed by atoms with Crippen LogP contribution in [0.5, 0.6) is 5.75 Å². The molecule has 248 valence electrons. The molecule has 0 saturated heterocycles. The van der Waals surface area contributed by atoms with Gasteiger partial charge in [0.25, 0.3) is 5.91 Å². The van der Waals surface area contributed by atoms with Gasteiger partial charge in [-0.3, -0.25) is 19.1 Å². The van der Waals surface area contributed by atoms with Crippen molar-refractivity contribution in [2.45, 2.75) is 34.2 Å². The number of aliphatic imine (C=N–C) groups is 1. The van der Waals surface area contributed by atoms with E-state index in [-0.39, 0.29) is 61.7 Å². The average Bonchev–Trinajstić information content (AvgIpc) is 3.28. The van der Waals surface area contributed by atoms with Gasteiger partial charge in [0.05, 0.1) is 32.1 Å². The zero-order valence-electron chi connectivity index (χ0n) is 25.9. The van der Waals surface area contributed by atoms with Gasteiger partial charge in [0, 0.05) is 23.2 Å². The van der Waals surface area contributed by atoms with E-state index in [0.29, 0.717) is 16.7 Å². The van der Waals surface area contributed by atoms with Crippen LogP contribution in [0.15, 0.2) is 41.4 Å². The SMILES string of the molecule is CCOC(=O)COc1ccc(C(=O)CN2Cc3cc(/C(N)=N/C(=O)OCC(C)C)ccc3C2=O)cc1NS(=O)(=O)CC(=O)OCC. The Balaban J connectivity index is 1.78. The first kappa shape index (κ1) is 35.5. The van der Waals surface area contributed by atoms with Crippen molar-refractivity contribution in [2.75, 3.05) is 43.4 Å². The van der Waals surface area contributed by atoms with E-state index in [2.05, 4.69) is 9.71 Å². The highest BCUT2D eigenvalue weighted by Gasteiger charge is 2.30. The number of anilines is 1. The van der Waals surface area contributed by atoms with Crippen LogP contribution in [0, 0.1) is 5.92 Å². The molecule has 3 N–H and O–H groups in total. The van der Waals surface area contributed by atoms with Crippen molar-refractivity contribution >= 4 is 51.3 Å². The normalized spacial score (nSPS) is 12.8. The largest absolute Gasteiger partial charge is 0.480 e. The van der Waals surface area contributed by atoms with Crippen molar-refractivity contribution < 1.29 is 51.3 Å². The van der Waals surface area contributed by atoms with E-state index in [9.17, 15) is 32.4 Å². The number of amidine groups is 1. The van der Waals surface area contributed by atoms with Crippen LogP contribution in [0.2, 0.25) is 0 Å². The van der Waals surface area contributed by atoms with Crippen LogP contribution in [0.1, 0.15) is 59.5 Å². The van der Waals surface area contributed by atoms with Crippen molar-refractivity contribution in [3.63, 3.8) is 0 Å². The van der Waals surface area contributed by atoms with Gasteiger partial charge in [-0.15, -0.1) is 0 Å². The van der Waals surface area contributed by atoms with Crippen molar-refractivity contribution in [3.05, 3.63) is 58.7 Å². The van der Waals surface area contributed by atoms with Crippen LogP contribution in [-0.2, 0) is 40.4 Å². The maximum Gasteiger partial charge on any atom is 0.435 e. The second-order valence-corrected chi connectivity index (χ2v) is 12.1. The fourth-order valence-electron chi connectivity index (χ4n) is 4.18. The molecule has 0 aliphatic carbocycles. The van der Waals surface area contributed by atoms with Gasteiger partial charge < -0.3 is 29.6 Å². The average molecular weight is 661 g/mol. The van der Waals surface area contributed by atoms with E-state index in [1.54, 1.807) is 13.0 Å². The number of amides is 2. The van der Waals surface area contributed by atoms with Gasteiger partial charge in [-0.2, -0.15) is 4.99 Å². The quantitative estimate of drug-likeness (QED) is 0.0927. The lowest BCUT2D eigenvalue weighted by Crippen LogP contribution is -2.30. The summed E-state index contributed by atoms with van der Waals surface area (Å²) in [5.41, 5.74) is 7.04. The Kier molecular flexibility index (Phi) is 12.2. The number of nitrogens with zero attached hydrogens (tertiary/aromatic N) is 2. The molecule has 15 nitrogen and oxygen atoms in total. The minimum atomic E-state index is -4.31. The molecule has 1 aliphatic heterocycles. The van der Waals surface area contributed by atoms with Crippen molar-refractivity contribution in [3.8, 4) is 5.75 Å². The van der Waals surface area contributed by atoms with Gasteiger partial charge in [-0.05, 0) is 55.7 Å². The Morgan fingerprint density at radius 2 is 1.65 bits per heavy atom. The van der Waals surface area contributed by atoms with Gasteiger partial charge in [-0.25, -0.2) is 18.0 Å². The lowest BCUT2D eigenvalue weighted by Gasteiger charge is -2.17. The molecular formula is C30H36N4O11S. The highest BCUT2D eigenvalue weighted by Crippen LogP contribution is 2.29. The summed E-state index contributed by atoms with van der Waals surface area (Å²) in [6.45, 7) is 6.27. The number of fused-ring (bicyclic) bond motifs is 1. The summed E-state index contributed by atoms with van der Waals surface area (Å²) in [5, 5.41) is 0. The zero-order chi connectivity index (χ0) is 34.0. The molecule has 0 fully saturated rings. The molecular weight excluding hydrogens is 624 g/mol. The Bertz CT molecular complexity index is 1640. The molecule has 0 radical (unpaired) electrons. The first-order valence-electron chi connectivity index (χ1n) is 14.3. The monoisotopic (exact) mass is 660 g/mol. The smallest absolute Gasteiger partial charge is 0.435 e. The summed E-state index contributed by atoms with van der Waals surface area (Å²) in [6, 6.07) is 8.43. The second-order valence-electron chi connectivity index (χ2n) is 10.4. The number of nitrogens with two attached hydrogens (primary N) is 1. The van der Waals surface area contributed by atoms with Gasteiger partial charge >= 0.3 is 18.0 Å². The van der Waals surface area contributed by atoms with Crippen molar-refractivity contribution in [1.29, 1.82) is 0 Å². The molecule has 0 bridgehead atoms. The van der Waals surface area contributed by atoms with Crippen LogP contribution in [-0.4, -0.2) is 87.6 Å². The molecule has 46 heavy (non-hydrogen) atoms. The highest BCUT2D eigenvalue weighted by molar-refractivity contribution is 7.93. The molecule has 0 atom stereocenters. The van der Waals surface area contributed by atoms with E-state index >= 15 is 0 Å². The zero-order valence-corrected chi connectivity index (χ0v) is 26.7. The van der Waals surface area contributed by atoms with Crippen LogP contribution >= 0.6 is 0 Å². The topological polar surface area (TPSA) is 210 Å². The van der Waals surface area contributed by atoms with E-state index in [1.165, 1.54) is 42.2 Å². The van der Waals surface area contributed by atoms with Gasteiger partial charge in [0.15, 0.2) is 18.1 Å². The molecule has 0 saturated carbocycles. The lowest BCUT2D eigenvalue weighted by molar-refractivity contribution is -0.145. The molecule has 3 rings (SSSR count). The minimum absolute atomic E-state index is 0.0121. The Morgan fingerprint density at radius 1 is 0.978 bits per heavy atom. The van der Waals surface area contributed by atoms with Crippen LogP contribution in [0.3, 0.4) is 0 Å². The van der Waals surface area contributed by atoms with Crippen LogP contribution in [0.4, 0.5) is 10.5 Å². The van der Waals surface area contributed by atoms with E-state index < -0.39 is 52.1 Å². The number of sulfonamides is 1. The molecule has 1 heterocycles. The highest BCUT2D eigenvalue weighted by atomic mass is 32.2. The molecule has 0 unspecified atom stereocenters. The number of ether oxygens (including phenoxy) is 4. The predicted octanol–water partition coefficient (Wildman–Crippen LogP) is 2.27.